The Balaban J connectivity index is 1.97. The van der Waals surface area contributed by atoms with Gasteiger partial charge < -0.3 is 9.09 Å². The maximum Gasteiger partial charge on any atom is 0.250 e. The number of rotatable bonds is 3. The molecule has 4 nitrogen and oxygen atoms in total. The summed E-state index contributed by atoms with van der Waals surface area (Å²) >= 11 is 0. The third kappa shape index (κ3) is 2.47. The van der Waals surface area contributed by atoms with Gasteiger partial charge in [-0.1, -0.05) is 35.5 Å². The van der Waals surface area contributed by atoms with Crippen molar-refractivity contribution < 1.29 is 4.52 Å². The van der Waals surface area contributed by atoms with Gasteiger partial charge in [0.15, 0.2) is 0 Å². The summed E-state index contributed by atoms with van der Waals surface area (Å²) < 4.78 is 6.50. The summed E-state index contributed by atoms with van der Waals surface area (Å²) in [5.41, 5.74) is 2.84. The van der Waals surface area contributed by atoms with E-state index >= 15 is 0 Å². The van der Waals surface area contributed by atoms with Crippen LogP contribution in [0.2, 0.25) is 0 Å². The van der Waals surface area contributed by atoms with E-state index in [0.29, 0.717) is 6.54 Å². The quantitative estimate of drug-likeness (QED) is 0.719. The fraction of sp³-hybridized carbons (Fsp3) is 0.0667. The molecule has 0 unspecified atom stereocenters. The van der Waals surface area contributed by atoms with Crippen LogP contribution in [0.3, 0.4) is 0 Å². The molecule has 0 aliphatic carbocycles. The minimum absolute atomic E-state index is 0.0240. The molecule has 0 saturated heterocycles. The molecule has 0 aliphatic heterocycles. The van der Waals surface area contributed by atoms with Crippen LogP contribution in [0, 0.1) is 0 Å². The highest BCUT2D eigenvalue weighted by Gasteiger charge is 2.04. The maximum atomic E-state index is 11.9. The third-order valence-corrected chi connectivity index (χ3v) is 2.94. The van der Waals surface area contributed by atoms with Crippen LogP contribution >= 0.6 is 0 Å². The normalized spacial score (nSPS) is 10.5. The summed E-state index contributed by atoms with van der Waals surface area (Å²) in [5, 5.41) is 3.67. The van der Waals surface area contributed by atoms with Crippen LogP contribution in [-0.4, -0.2) is 9.72 Å². The Bertz CT molecular complexity index is 715. The van der Waals surface area contributed by atoms with Crippen molar-refractivity contribution in [1.82, 2.24) is 9.72 Å². The summed E-state index contributed by atoms with van der Waals surface area (Å²) in [5.74, 6) is 0. The van der Waals surface area contributed by atoms with E-state index in [-0.39, 0.29) is 5.56 Å². The van der Waals surface area contributed by atoms with Crippen LogP contribution in [0.15, 0.2) is 70.4 Å². The van der Waals surface area contributed by atoms with E-state index in [1.165, 1.54) is 0 Å². The Morgan fingerprint density at radius 3 is 2.63 bits per heavy atom. The van der Waals surface area contributed by atoms with Gasteiger partial charge in [0.25, 0.3) is 5.56 Å². The summed E-state index contributed by atoms with van der Waals surface area (Å²) in [6.07, 6.45) is 5.02. The first-order valence-corrected chi connectivity index (χ1v) is 5.97. The van der Waals surface area contributed by atoms with E-state index in [9.17, 15) is 4.79 Å². The minimum atomic E-state index is -0.0240. The second-order valence-electron chi connectivity index (χ2n) is 4.28. The van der Waals surface area contributed by atoms with Gasteiger partial charge in [-0.05, 0) is 11.6 Å². The lowest BCUT2D eigenvalue weighted by Crippen LogP contribution is -2.18. The number of nitrogens with zero attached hydrogens (tertiary/aromatic N) is 2. The Labute approximate surface area is 109 Å². The zero-order valence-corrected chi connectivity index (χ0v) is 10.2. The molecule has 0 radical (unpaired) electrons. The molecule has 0 atom stereocenters. The van der Waals surface area contributed by atoms with Crippen molar-refractivity contribution >= 4 is 0 Å². The molecule has 0 amide bonds. The number of hydrogen-bond acceptors (Lipinski definition) is 3. The van der Waals surface area contributed by atoms with Crippen molar-refractivity contribution in [1.29, 1.82) is 0 Å². The SMILES string of the molecule is O=c1ccc(-c2cnoc2)cn1Cc1ccccc1. The maximum absolute atomic E-state index is 11.9. The van der Waals surface area contributed by atoms with Crippen molar-refractivity contribution in [3.63, 3.8) is 0 Å². The highest BCUT2D eigenvalue weighted by Crippen LogP contribution is 2.16. The molecular formula is C15H12N2O2. The average Bonchev–Trinajstić information content (AvgIpc) is 2.96. The van der Waals surface area contributed by atoms with Gasteiger partial charge in [0.1, 0.15) is 6.26 Å². The topological polar surface area (TPSA) is 48.0 Å². The van der Waals surface area contributed by atoms with Gasteiger partial charge in [0.2, 0.25) is 0 Å². The molecular weight excluding hydrogens is 240 g/mol. The molecule has 0 N–H and O–H groups in total. The molecule has 4 heteroatoms. The number of aromatic nitrogens is 2. The van der Waals surface area contributed by atoms with Crippen LogP contribution in [0.1, 0.15) is 5.56 Å². The van der Waals surface area contributed by atoms with E-state index in [4.69, 9.17) is 4.52 Å². The minimum Gasteiger partial charge on any atom is -0.364 e. The first-order chi connectivity index (χ1) is 9.33. The fourth-order valence-corrected chi connectivity index (χ4v) is 1.95. The second-order valence-corrected chi connectivity index (χ2v) is 4.28. The smallest absolute Gasteiger partial charge is 0.250 e. The number of benzene rings is 1. The van der Waals surface area contributed by atoms with Gasteiger partial charge in [-0.15, -0.1) is 0 Å². The van der Waals surface area contributed by atoms with Gasteiger partial charge in [-0.3, -0.25) is 4.79 Å². The average molecular weight is 252 g/mol. The highest BCUT2D eigenvalue weighted by atomic mass is 16.5. The predicted octanol–water partition coefficient (Wildman–Crippen LogP) is 2.55. The number of pyridine rings is 1. The van der Waals surface area contributed by atoms with E-state index < -0.39 is 0 Å². The monoisotopic (exact) mass is 252 g/mol. The Kier molecular flexibility index (Phi) is 2.98. The Morgan fingerprint density at radius 2 is 1.89 bits per heavy atom. The zero-order valence-electron chi connectivity index (χ0n) is 10.2. The summed E-state index contributed by atoms with van der Waals surface area (Å²) in [6, 6.07) is 13.2. The van der Waals surface area contributed by atoms with Crippen molar-refractivity contribution in [3.8, 4) is 11.1 Å². The largest absolute Gasteiger partial charge is 0.364 e. The molecule has 0 bridgehead atoms. The van der Waals surface area contributed by atoms with Crippen LogP contribution in [0.4, 0.5) is 0 Å². The summed E-state index contributed by atoms with van der Waals surface area (Å²) in [4.78, 5) is 11.9. The van der Waals surface area contributed by atoms with Gasteiger partial charge in [0, 0.05) is 23.4 Å². The van der Waals surface area contributed by atoms with Crippen LogP contribution in [-0.2, 0) is 6.54 Å². The van der Waals surface area contributed by atoms with E-state index in [2.05, 4.69) is 5.16 Å². The van der Waals surface area contributed by atoms with Crippen molar-refractivity contribution in [2.45, 2.75) is 6.54 Å². The van der Waals surface area contributed by atoms with E-state index in [1.807, 2.05) is 36.5 Å². The lowest BCUT2D eigenvalue weighted by Gasteiger charge is -2.07. The van der Waals surface area contributed by atoms with Crippen molar-refractivity contribution in [3.05, 3.63) is 77.0 Å². The van der Waals surface area contributed by atoms with Crippen molar-refractivity contribution in [2.75, 3.05) is 0 Å². The van der Waals surface area contributed by atoms with E-state index in [0.717, 1.165) is 16.7 Å². The van der Waals surface area contributed by atoms with E-state index in [1.54, 1.807) is 29.2 Å². The van der Waals surface area contributed by atoms with Crippen LogP contribution in [0.25, 0.3) is 11.1 Å². The molecule has 2 aromatic heterocycles. The molecule has 19 heavy (non-hydrogen) atoms. The molecule has 0 fully saturated rings. The molecule has 3 aromatic rings. The molecule has 2 heterocycles. The molecule has 94 valence electrons. The van der Waals surface area contributed by atoms with Crippen LogP contribution in [0.5, 0.6) is 0 Å². The first-order valence-electron chi connectivity index (χ1n) is 5.97. The van der Waals surface area contributed by atoms with Gasteiger partial charge >= 0.3 is 0 Å². The Morgan fingerprint density at radius 1 is 1.05 bits per heavy atom. The molecule has 0 saturated carbocycles. The molecule has 0 aliphatic rings. The highest BCUT2D eigenvalue weighted by molar-refractivity contribution is 5.59. The summed E-state index contributed by atoms with van der Waals surface area (Å²) in [6.45, 7) is 0.554. The third-order valence-electron chi connectivity index (χ3n) is 2.94. The Hall–Kier alpha value is -2.62. The first kappa shape index (κ1) is 11.5. The lowest BCUT2D eigenvalue weighted by molar-refractivity contribution is 0.420. The van der Waals surface area contributed by atoms with Gasteiger partial charge in [0.05, 0.1) is 12.7 Å². The molecule has 0 spiro atoms. The molecule has 3 rings (SSSR count). The van der Waals surface area contributed by atoms with Crippen LogP contribution < -0.4 is 5.56 Å². The standard InChI is InChI=1S/C15H12N2O2/c18-15-7-6-13(14-8-16-19-11-14)10-17(15)9-12-4-2-1-3-5-12/h1-8,10-11H,9H2. The van der Waals surface area contributed by atoms with Gasteiger partial charge in [-0.2, -0.15) is 0 Å². The number of hydrogen-bond donors (Lipinski definition) is 0. The fourth-order valence-electron chi connectivity index (χ4n) is 1.95. The molecule has 1 aromatic carbocycles. The second kappa shape index (κ2) is 4.94. The van der Waals surface area contributed by atoms with Crippen molar-refractivity contribution in [2.24, 2.45) is 0 Å². The lowest BCUT2D eigenvalue weighted by atomic mass is 10.1. The predicted molar refractivity (Wildman–Crippen MR) is 71.7 cm³/mol. The zero-order chi connectivity index (χ0) is 13.1. The van der Waals surface area contributed by atoms with Gasteiger partial charge in [-0.25, -0.2) is 0 Å². The summed E-state index contributed by atoms with van der Waals surface area (Å²) in [7, 11) is 0.